The van der Waals surface area contributed by atoms with E-state index in [1.54, 1.807) is 24.3 Å². The number of carbonyl (C=O) groups excluding carboxylic acids is 1. The third kappa shape index (κ3) is 4.42. The highest BCUT2D eigenvalue weighted by Gasteiger charge is 2.13. The first-order valence-corrected chi connectivity index (χ1v) is 8.51. The monoisotopic (exact) mass is 363 g/mol. The van der Waals surface area contributed by atoms with Crippen LogP contribution in [0.2, 0.25) is 0 Å². The number of halogens is 3. The topological polar surface area (TPSA) is 44.4 Å². The lowest BCUT2D eigenvalue weighted by atomic mass is 10.0. The number of carbonyl (C=O) groups is 1. The summed E-state index contributed by atoms with van der Waals surface area (Å²) in [5, 5.41) is 6.13. The fourth-order valence-electron chi connectivity index (χ4n) is 2.90. The SMILES string of the molecule is O=C(NCCN1CCNCC1)c1ccc(-c2cc(F)c(F)c(F)c2)cc1. The van der Waals surface area contributed by atoms with Gasteiger partial charge < -0.3 is 10.6 Å². The van der Waals surface area contributed by atoms with E-state index in [-0.39, 0.29) is 11.5 Å². The summed E-state index contributed by atoms with van der Waals surface area (Å²) in [6.45, 7) is 5.19. The maximum atomic E-state index is 13.3. The van der Waals surface area contributed by atoms with Gasteiger partial charge in [-0.2, -0.15) is 0 Å². The molecule has 26 heavy (non-hydrogen) atoms. The van der Waals surface area contributed by atoms with Crippen molar-refractivity contribution in [1.29, 1.82) is 0 Å². The summed E-state index contributed by atoms with van der Waals surface area (Å²) in [5.74, 6) is -4.18. The zero-order valence-electron chi connectivity index (χ0n) is 14.2. The lowest BCUT2D eigenvalue weighted by Crippen LogP contribution is -2.46. The Hall–Kier alpha value is -2.38. The van der Waals surface area contributed by atoms with E-state index in [1.807, 2.05) is 0 Å². The number of nitrogens with one attached hydrogen (secondary N) is 2. The first-order chi connectivity index (χ1) is 12.5. The second-order valence-corrected chi connectivity index (χ2v) is 6.18. The van der Waals surface area contributed by atoms with Crippen molar-refractivity contribution in [2.24, 2.45) is 0 Å². The van der Waals surface area contributed by atoms with Gasteiger partial charge in [0, 0.05) is 44.8 Å². The van der Waals surface area contributed by atoms with Crippen molar-refractivity contribution in [1.82, 2.24) is 15.5 Å². The first kappa shape index (κ1) is 18.4. The van der Waals surface area contributed by atoms with Crippen LogP contribution in [0.25, 0.3) is 11.1 Å². The molecule has 1 aliphatic rings. The van der Waals surface area contributed by atoms with Gasteiger partial charge in [-0.1, -0.05) is 12.1 Å². The van der Waals surface area contributed by atoms with Crippen molar-refractivity contribution in [3.8, 4) is 11.1 Å². The van der Waals surface area contributed by atoms with Gasteiger partial charge in [0.05, 0.1) is 0 Å². The fraction of sp³-hybridized carbons (Fsp3) is 0.316. The minimum Gasteiger partial charge on any atom is -0.351 e. The number of benzene rings is 2. The molecular formula is C19H20F3N3O. The third-order valence-electron chi connectivity index (χ3n) is 4.39. The normalized spacial score (nSPS) is 15.0. The molecule has 2 N–H and O–H groups in total. The number of amides is 1. The minimum atomic E-state index is -1.49. The highest BCUT2D eigenvalue weighted by molar-refractivity contribution is 5.94. The number of hydrogen-bond donors (Lipinski definition) is 2. The van der Waals surface area contributed by atoms with Crippen LogP contribution in [-0.2, 0) is 0 Å². The van der Waals surface area contributed by atoms with Crippen LogP contribution < -0.4 is 10.6 Å². The van der Waals surface area contributed by atoms with Crippen LogP contribution in [0.3, 0.4) is 0 Å². The van der Waals surface area contributed by atoms with E-state index in [1.165, 1.54) is 0 Å². The Bertz CT molecular complexity index is 751. The quantitative estimate of drug-likeness (QED) is 0.802. The molecule has 138 valence electrons. The molecule has 0 spiro atoms. The lowest BCUT2D eigenvalue weighted by Gasteiger charge is -2.27. The Balaban J connectivity index is 1.59. The van der Waals surface area contributed by atoms with Crippen molar-refractivity contribution in [2.45, 2.75) is 0 Å². The Labute approximate surface area is 150 Å². The van der Waals surface area contributed by atoms with Gasteiger partial charge >= 0.3 is 0 Å². The summed E-state index contributed by atoms with van der Waals surface area (Å²) in [7, 11) is 0. The number of nitrogens with zero attached hydrogens (tertiary/aromatic N) is 1. The Kier molecular flexibility index (Phi) is 5.90. The third-order valence-corrected chi connectivity index (χ3v) is 4.39. The fourth-order valence-corrected chi connectivity index (χ4v) is 2.90. The van der Waals surface area contributed by atoms with Gasteiger partial charge in [-0.15, -0.1) is 0 Å². The zero-order chi connectivity index (χ0) is 18.5. The second-order valence-electron chi connectivity index (χ2n) is 6.18. The summed E-state index contributed by atoms with van der Waals surface area (Å²) >= 11 is 0. The van der Waals surface area contributed by atoms with Crippen LogP contribution in [0.4, 0.5) is 13.2 Å². The Morgan fingerprint density at radius 2 is 1.62 bits per heavy atom. The van der Waals surface area contributed by atoms with Crippen molar-refractivity contribution < 1.29 is 18.0 Å². The molecule has 1 amide bonds. The number of rotatable bonds is 5. The largest absolute Gasteiger partial charge is 0.351 e. The smallest absolute Gasteiger partial charge is 0.251 e. The van der Waals surface area contributed by atoms with E-state index in [9.17, 15) is 18.0 Å². The van der Waals surface area contributed by atoms with Crippen molar-refractivity contribution in [3.05, 3.63) is 59.4 Å². The summed E-state index contributed by atoms with van der Waals surface area (Å²) in [6.07, 6.45) is 0. The predicted octanol–water partition coefficient (Wildman–Crippen LogP) is 2.41. The molecule has 0 bridgehead atoms. The van der Waals surface area contributed by atoms with Crippen LogP contribution >= 0.6 is 0 Å². The predicted molar refractivity (Wildman–Crippen MR) is 93.4 cm³/mol. The van der Waals surface area contributed by atoms with Crippen molar-refractivity contribution >= 4 is 5.91 Å². The average Bonchev–Trinajstić information content (AvgIpc) is 2.66. The van der Waals surface area contributed by atoms with Gasteiger partial charge in [-0.25, -0.2) is 13.2 Å². The number of hydrogen-bond acceptors (Lipinski definition) is 3. The van der Waals surface area contributed by atoms with Gasteiger partial charge in [0.2, 0.25) is 0 Å². The standard InChI is InChI=1S/C19H20F3N3O/c20-16-11-15(12-17(21)18(16)22)13-1-3-14(4-2-13)19(26)24-7-10-25-8-5-23-6-9-25/h1-4,11-12,23H,5-10H2,(H,24,26). The van der Waals surface area contributed by atoms with Gasteiger partial charge in [0.15, 0.2) is 17.5 Å². The Morgan fingerprint density at radius 1 is 1.00 bits per heavy atom. The highest BCUT2D eigenvalue weighted by Crippen LogP contribution is 2.24. The molecule has 3 rings (SSSR count). The molecule has 0 saturated carbocycles. The van der Waals surface area contributed by atoms with Crippen LogP contribution in [-0.4, -0.2) is 50.1 Å². The van der Waals surface area contributed by atoms with Crippen LogP contribution in [0.15, 0.2) is 36.4 Å². The summed E-state index contributed by atoms with van der Waals surface area (Å²) in [5.41, 5.74) is 1.17. The molecule has 2 aromatic rings. The molecule has 2 aromatic carbocycles. The van der Waals surface area contributed by atoms with E-state index in [2.05, 4.69) is 15.5 Å². The second kappa shape index (κ2) is 8.33. The molecule has 1 fully saturated rings. The molecule has 0 aliphatic carbocycles. The minimum absolute atomic E-state index is 0.205. The molecule has 0 unspecified atom stereocenters. The Morgan fingerprint density at radius 3 is 2.23 bits per heavy atom. The van der Waals surface area contributed by atoms with Gasteiger partial charge in [-0.3, -0.25) is 9.69 Å². The van der Waals surface area contributed by atoms with Crippen molar-refractivity contribution in [2.75, 3.05) is 39.3 Å². The van der Waals surface area contributed by atoms with E-state index in [0.717, 1.165) is 44.9 Å². The van der Waals surface area contributed by atoms with Crippen molar-refractivity contribution in [3.63, 3.8) is 0 Å². The van der Waals surface area contributed by atoms with Crippen LogP contribution in [0.5, 0.6) is 0 Å². The van der Waals surface area contributed by atoms with Gasteiger partial charge in [-0.05, 0) is 35.4 Å². The zero-order valence-corrected chi connectivity index (χ0v) is 14.2. The molecule has 0 atom stereocenters. The van der Waals surface area contributed by atoms with E-state index >= 15 is 0 Å². The molecular weight excluding hydrogens is 343 g/mol. The first-order valence-electron chi connectivity index (χ1n) is 8.51. The molecule has 1 saturated heterocycles. The lowest BCUT2D eigenvalue weighted by molar-refractivity contribution is 0.0947. The van der Waals surface area contributed by atoms with Crippen LogP contribution in [0, 0.1) is 17.5 Å². The summed E-state index contributed by atoms with van der Waals surface area (Å²) < 4.78 is 39.7. The van der Waals surface area contributed by atoms with E-state index in [0.29, 0.717) is 17.7 Å². The molecule has 0 aromatic heterocycles. The average molecular weight is 363 g/mol. The van der Waals surface area contributed by atoms with E-state index < -0.39 is 17.5 Å². The molecule has 4 nitrogen and oxygen atoms in total. The molecule has 1 aliphatic heterocycles. The summed E-state index contributed by atoms with van der Waals surface area (Å²) in [6, 6.07) is 8.18. The maximum Gasteiger partial charge on any atom is 0.251 e. The van der Waals surface area contributed by atoms with E-state index in [4.69, 9.17) is 0 Å². The van der Waals surface area contributed by atoms with Gasteiger partial charge in [0.1, 0.15) is 0 Å². The van der Waals surface area contributed by atoms with Crippen LogP contribution in [0.1, 0.15) is 10.4 Å². The molecule has 7 heteroatoms. The molecule has 1 heterocycles. The summed E-state index contributed by atoms with van der Waals surface area (Å²) in [4.78, 5) is 14.5. The maximum absolute atomic E-state index is 13.3. The van der Waals surface area contributed by atoms with Gasteiger partial charge in [0.25, 0.3) is 5.91 Å². The number of piperazine rings is 1. The molecule has 0 radical (unpaired) electrons. The highest BCUT2D eigenvalue weighted by atomic mass is 19.2.